The Hall–Kier alpha value is -0.930. The van der Waals surface area contributed by atoms with Gasteiger partial charge in [-0.15, -0.1) is 0 Å². The number of nitrogens with one attached hydrogen (secondary N) is 1. The minimum absolute atomic E-state index is 0.0657. The van der Waals surface area contributed by atoms with Gasteiger partial charge in [-0.2, -0.15) is 13.2 Å². The van der Waals surface area contributed by atoms with Crippen molar-refractivity contribution in [3.8, 4) is 0 Å². The molecule has 0 heterocycles. The zero-order chi connectivity index (χ0) is 14.7. The highest BCUT2D eigenvalue weighted by Gasteiger charge is 2.27. The molecule has 0 atom stereocenters. The third-order valence-electron chi connectivity index (χ3n) is 2.11. The number of aryl methyl sites for hydroxylation is 1. The molecule has 0 bridgehead atoms. The second kappa shape index (κ2) is 6.02. The van der Waals surface area contributed by atoms with E-state index in [1.807, 2.05) is 0 Å². The zero-order valence-electron chi connectivity index (χ0n) is 9.99. The van der Waals surface area contributed by atoms with Crippen molar-refractivity contribution in [2.75, 3.05) is 18.0 Å². The molecule has 0 saturated heterocycles. The molecular formula is C10H13F3N2O2S2. The predicted octanol–water partition coefficient (Wildman–Crippen LogP) is 2.11. The van der Waals surface area contributed by atoms with Gasteiger partial charge in [-0.3, -0.25) is 0 Å². The van der Waals surface area contributed by atoms with Crippen LogP contribution in [0, 0.1) is 6.92 Å². The van der Waals surface area contributed by atoms with Gasteiger partial charge in [0.1, 0.15) is 4.90 Å². The Morgan fingerprint density at radius 2 is 2.00 bits per heavy atom. The standard InChI is InChI=1S/C10H13F3N2O2S2/c1-7-2-3-9(8(14)6-7)19(16,17)15-4-5-18-10(11,12)13/h2-3,6,15H,4-5,14H2,1H3. The summed E-state index contributed by atoms with van der Waals surface area (Å²) >= 11 is -0.282. The molecule has 108 valence electrons. The Bertz CT molecular complexity index is 544. The molecule has 4 nitrogen and oxygen atoms in total. The van der Waals surface area contributed by atoms with E-state index in [-0.39, 0.29) is 28.9 Å². The van der Waals surface area contributed by atoms with Gasteiger partial charge in [0.2, 0.25) is 10.0 Å². The van der Waals surface area contributed by atoms with Gasteiger partial charge < -0.3 is 5.73 Å². The largest absolute Gasteiger partial charge is 0.441 e. The summed E-state index contributed by atoms with van der Waals surface area (Å²) in [6, 6.07) is 4.37. The number of benzene rings is 1. The number of sulfonamides is 1. The number of nitrogens with two attached hydrogens (primary N) is 1. The number of halogens is 3. The number of rotatable bonds is 5. The Kier molecular flexibility index (Phi) is 5.11. The molecule has 19 heavy (non-hydrogen) atoms. The number of hydrogen-bond acceptors (Lipinski definition) is 4. The van der Waals surface area contributed by atoms with E-state index < -0.39 is 21.3 Å². The van der Waals surface area contributed by atoms with Gasteiger partial charge in [-0.1, -0.05) is 6.07 Å². The maximum Gasteiger partial charge on any atom is 0.441 e. The number of thioether (sulfide) groups is 1. The lowest BCUT2D eigenvalue weighted by atomic mass is 10.2. The zero-order valence-corrected chi connectivity index (χ0v) is 11.6. The van der Waals surface area contributed by atoms with Gasteiger partial charge in [0, 0.05) is 12.3 Å². The van der Waals surface area contributed by atoms with Crippen LogP contribution in [-0.2, 0) is 10.0 Å². The minimum Gasteiger partial charge on any atom is -0.398 e. The van der Waals surface area contributed by atoms with Gasteiger partial charge >= 0.3 is 5.51 Å². The van der Waals surface area contributed by atoms with Crippen LogP contribution in [0.1, 0.15) is 5.56 Å². The summed E-state index contributed by atoms with van der Waals surface area (Å²) < 4.78 is 61.3. The van der Waals surface area contributed by atoms with E-state index in [0.29, 0.717) is 0 Å². The summed E-state index contributed by atoms with van der Waals surface area (Å²) in [6.45, 7) is 1.43. The molecule has 0 saturated carbocycles. The molecule has 0 amide bonds. The Morgan fingerprint density at radius 3 is 2.53 bits per heavy atom. The maximum atomic E-state index is 11.9. The van der Waals surface area contributed by atoms with E-state index in [2.05, 4.69) is 4.72 Å². The molecule has 0 fully saturated rings. The second-order valence-corrected chi connectivity index (χ2v) is 6.63. The first-order valence-electron chi connectivity index (χ1n) is 5.18. The van der Waals surface area contributed by atoms with Crippen molar-refractivity contribution in [3.63, 3.8) is 0 Å². The Labute approximate surface area is 113 Å². The first-order valence-corrected chi connectivity index (χ1v) is 7.65. The molecule has 0 aliphatic rings. The summed E-state index contributed by atoms with van der Waals surface area (Å²) in [6.07, 6.45) is 0. The molecular weight excluding hydrogens is 301 g/mol. The van der Waals surface area contributed by atoms with Crippen molar-refractivity contribution in [1.82, 2.24) is 4.72 Å². The monoisotopic (exact) mass is 314 g/mol. The van der Waals surface area contributed by atoms with Crippen LogP contribution < -0.4 is 10.5 Å². The molecule has 1 aromatic rings. The van der Waals surface area contributed by atoms with Crippen LogP contribution in [0.5, 0.6) is 0 Å². The van der Waals surface area contributed by atoms with Crippen LogP contribution in [0.3, 0.4) is 0 Å². The van der Waals surface area contributed by atoms with Crippen LogP contribution in [0.2, 0.25) is 0 Å². The number of alkyl halides is 3. The molecule has 0 aliphatic carbocycles. The molecule has 9 heteroatoms. The van der Waals surface area contributed by atoms with E-state index in [9.17, 15) is 21.6 Å². The third-order valence-corrected chi connectivity index (χ3v) is 4.39. The van der Waals surface area contributed by atoms with Crippen LogP contribution in [0.4, 0.5) is 18.9 Å². The number of nitrogen functional groups attached to an aromatic ring is 1. The number of anilines is 1. The van der Waals surface area contributed by atoms with Gasteiger partial charge in [0.15, 0.2) is 0 Å². The summed E-state index contributed by atoms with van der Waals surface area (Å²) in [5.41, 5.74) is 2.07. The second-order valence-electron chi connectivity index (χ2n) is 3.73. The average molecular weight is 314 g/mol. The van der Waals surface area contributed by atoms with E-state index in [1.54, 1.807) is 13.0 Å². The fourth-order valence-electron chi connectivity index (χ4n) is 1.33. The molecule has 1 aromatic carbocycles. The van der Waals surface area contributed by atoms with Crippen molar-refractivity contribution in [2.24, 2.45) is 0 Å². The molecule has 0 aliphatic heterocycles. The Balaban J connectivity index is 2.66. The molecule has 0 unspecified atom stereocenters. The lowest BCUT2D eigenvalue weighted by Crippen LogP contribution is -2.27. The highest BCUT2D eigenvalue weighted by molar-refractivity contribution is 8.00. The van der Waals surface area contributed by atoms with Crippen LogP contribution in [0.15, 0.2) is 23.1 Å². The quantitative estimate of drug-likeness (QED) is 0.645. The summed E-state index contributed by atoms with van der Waals surface area (Å²) in [5, 5.41) is 0. The molecule has 0 spiro atoms. The van der Waals surface area contributed by atoms with Crippen molar-refractivity contribution in [1.29, 1.82) is 0 Å². The average Bonchev–Trinajstić information content (AvgIpc) is 2.22. The lowest BCUT2D eigenvalue weighted by molar-refractivity contribution is -0.0327. The fourth-order valence-corrected chi connectivity index (χ4v) is 3.04. The van der Waals surface area contributed by atoms with E-state index in [1.165, 1.54) is 12.1 Å². The van der Waals surface area contributed by atoms with E-state index in [4.69, 9.17) is 5.73 Å². The SMILES string of the molecule is Cc1ccc(S(=O)(=O)NCCSC(F)(F)F)c(N)c1. The lowest BCUT2D eigenvalue weighted by Gasteiger charge is -2.10. The van der Waals surface area contributed by atoms with Crippen LogP contribution in [0.25, 0.3) is 0 Å². The molecule has 1 rings (SSSR count). The summed E-state index contributed by atoms with van der Waals surface area (Å²) in [7, 11) is -3.88. The highest BCUT2D eigenvalue weighted by Crippen LogP contribution is 2.29. The van der Waals surface area contributed by atoms with Crippen LogP contribution >= 0.6 is 11.8 Å². The summed E-state index contributed by atoms with van der Waals surface area (Å²) in [5.74, 6) is -0.394. The third kappa shape index (κ3) is 5.29. The van der Waals surface area contributed by atoms with E-state index >= 15 is 0 Å². The normalized spacial score (nSPS) is 12.6. The van der Waals surface area contributed by atoms with Gasteiger partial charge in [-0.05, 0) is 36.4 Å². The highest BCUT2D eigenvalue weighted by atomic mass is 32.2. The van der Waals surface area contributed by atoms with Crippen molar-refractivity contribution >= 4 is 27.5 Å². The topological polar surface area (TPSA) is 72.2 Å². The van der Waals surface area contributed by atoms with Crippen molar-refractivity contribution in [2.45, 2.75) is 17.3 Å². The van der Waals surface area contributed by atoms with Crippen molar-refractivity contribution in [3.05, 3.63) is 23.8 Å². The summed E-state index contributed by atoms with van der Waals surface area (Å²) in [4.78, 5) is -0.130. The Morgan fingerprint density at radius 1 is 1.37 bits per heavy atom. The maximum absolute atomic E-state index is 11.9. The molecule has 0 radical (unpaired) electrons. The van der Waals surface area contributed by atoms with Crippen LogP contribution in [-0.4, -0.2) is 26.2 Å². The predicted molar refractivity (Wildman–Crippen MR) is 69.3 cm³/mol. The van der Waals surface area contributed by atoms with E-state index in [0.717, 1.165) is 5.56 Å². The number of hydrogen-bond donors (Lipinski definition) is 2. The van der Waals surface area contributed by atoms with Gasteiger partial charge in [0.25, 0.3) is 0 Å². The molecule has 0 aromatic heterocycles. The van der Waals surface area contributed by atoms with Crippen molar-refractivity contribution < 1.29 is 21.6 Å². The fraction of sp³-hybridized carbons (Fsp3) is 0.400. The minimum atomic E-state index is -4.37. The first-order chi connectivity index (χ1) is 8.62. The molecule has 3 N–H and O–H groups in total. The van der Waals surface area contributed by atoms with Gasteiger partial charge in [-0.25, -0.2) is 13.1 Å². The van der Waals surface area contributed by atoms with Gasteiger partial charge in [0.05, 0.1) is 5.69 Å². The smallest absolute Gasteiger partial charge is 0.398 e. The first kappa shape index (κ1) is 16.1.